The summed E-state index contributed by atoms with van der Waals surface area (Å²) in [6.45, 7) is 4.23. The Labute approximate surface area is 311 Å². The van der Waals surface area contributed by atoms with Crippen molar-refractivity contribution < 1.29 is 19.5 Å². The number of thioether (sulfide) groups is 1. The predicted molar refractivity (Wildman–Crippen MR) is 201 cm³/mol. The molecule has 0 saturated carbocycles. The molecule has 3 amide bonds. The summed E-state index contributed by atoms with van der Waals surface area (Å²) in [6, 6.07) is 19.0. The van der Waals surface area contributed by atoms with Crippen LogP contribution in [-0.2, 0) is 29.1 Å². The van der Waals surface area contributed by atoms with Crippen LogP contribution in [0.15, 0.2) is 66.7 Å². The Morgan fingerprint density at radius 3 is 2.47 bits per heavy atom. The van der Waals surface area contributed by atoms with E-state index < -0.39 is 23.8 Å². The average Bonchev–Trinajstić information content (AvgIpc) is 3.52. The van der Waals surface area contributed by atoms with Gasteiger partial charge in [0.15, 0.2) is 0 Å². The van der Waals surface area contributed by atoms with Gasteiger partial charge in [-0.3, -0.25) is 19.1 Å². The normalized spacial score (nSPS) is 15.0. The lowest BCUT2D eigenvalue weighted by Gasteiger charge is -2.27. The molecule has 0 radical (unpaired) electrons. The Morgan fingerprint density at radius 1 is 0.961 bits per heavy atom. The number of nitrogens with two attached hydrogens (primary N) is 1. The molecule has 264 valence electrons. The van der Waals surface area contributed by atoms with Crippen molar-refractivity contribution in [2.24, 2.45) is 5.73 Å². The van der Waals surface area contributed by atoms with Crippen LogP contribution in [0.5, 0.6) is 0 Å². The van der Waals surface area contributed by atoms with Crippen LogP contribution in [0, 0.1) is 11.8 Å². The van der Waals surface area contributed by atoms with Gasteiger partial charge < -0.3 is 26.0 Å². The van der Waals surface area contributed by atoms with E-state index in [1.165, 1.54) is 4.90 Å². The van der Waals surface area contributed by atoms with Crippen molar-refractivity contribution in [1.29, 1.82) is 0 Å². The summed E-state index contributed by atoms with van der Waals surface area (Å²) in [7, 11) is 0. The first-order valence-electron chi connectivity index (χ1n) is 16.8. The minimum Gasteiger partial charge on any atom is -0.394 e. The molecule has 0 bridgehead atoms. The van der Waals surface area contributed by atoms with Gasteiger partial charge >= 0.3 is 11.8 Å². The Hall–Kier alpha value is -4.31. The van der Waals surface area contributed by atoms with Crippen LogP contribution < -0.4 is 11.1 Å². The fourth-order valence-corrected chi connectivity index (χ4v) is 7.69. The molecule has 1 unspecified atom stereocenters. The van der Waals surface area contributed by atoms with Crippen molar-refractivity contribution in [1.82, 2.24) is 24.9 Å². The molecule has 1 saturated heterocycles. The van der Waals surface area contributed by atoms with Crippen LogP contribution in [0.3, 0.4) is 0 Å². The quantitative estimate of drug-likeness (QED) is 0.170. The van der Waals surface area contributed by atoms with E-state index in [0.717, 1.165) is 66.5 Å². The number of nitrogens with zero attached hydrogens (tertiary/aromatic N) is 4. The number of fused-ring (bicyclic) bond motifs is 1. The second-order valence-corrected chi connectivity index (χ2v) is 14.4. The minimum absolute atomic E-state index is 0.219. The van der Waals surface area contributed by atoms with E-state index in [0.29, 0.717) is 34.8 Å². The molecular weight excluding hydrogens is 707 g/mol. The molecule has 1 aromatic heterocycles. The number of benzene rings is 3. The number of aliphatic hydroxyl groups excluding tert-OH is 1. The first kappa shape index (κ1) is 36.5. The third-order valence-electron chi connectivity index (χ3n) is 9.06. The molecule has 1 atom stereocenters. The van der Waals surface area contributed by atoms with Crippen molar-refractivity contribution in [3.63, 3.8) is 0 Å². The lowest BCUT2D eigenvalue weighted by molar-refractivity contribution is -0.144. The SMILES string of the molecule is NC(=O)C(=O)N1CCc2c(c(-c3ccc(Cl)c(C#Cc4ccc(Cl)c(C(=O)NC(CO)c5ccccc5)c4)c3)nn2CCCN2CCSCC2)C1. The second-order valence-electron chi connectivity index (χ2n) is 12.4. The number of carbonyl (C=O) groups excluding carboxylic acids is 3. The minimum atomic E-state index is -0.983. The van der Waals surface area contributed by atoms with Gasteiger partial charge in [0.1, 0.15) is 0 Å². The van der Waals surface area contributed by atoms with Crippen LogP contribution >= 0.6 is 35.0 Å². The number of aliphatic hydroxyl groups is 1. The Morgan fingerprint density at radius 2 is 1.73 bits per heavy atom. The number of aryl methyl sites for hydroxylation is 1. The molecule has 6 rings (SSSR count). The van der Waals surface area contributed by atoms with Gasteiger partial charge in [0.2, 0.25) is 0 Å². The molecule has 51 heavy (non-hydrogen) atoms. The molecule has 4 N–H and O–H groups in total. The highest BCUT2D eigenvalue weighted by Crippen LogP contribution is 2.32. The van der Waals surface area contributed by atoms with Gasteiger partial charge in [0, 0.05) is 72.1 Å². The van der Waals surface area contributed by atoms with E-state index in [1.807, 2.05) is 58.9 Å². The number of nitrogens with one attached hydrogen (secondary N) is 1. The smallest absolute Gasteiger partial charge is 0.311 e. The van der Waals surface area contributed by atoms with E-state index >= 15 is 0 Å². The zero-order chi connectivity index (χ0) is 35.9. The molecular formula is C38H38Cl2N6O4S. The molecule has 3 aromatic carbocycles. The summed E-state index contributed by atoms with van der Waals surface area (Å²) in [5.41, 5.74) is 10.8. The maximum absolute atomic E-state index is 13.2. The van der Waals surface area contributed by atoms with Crippen LogP contribution in [0.4, 0.5) is 0 Å². The zero-order valence-corrected chi connectivity index (χ0v) is 30.2. The van der Waals surface area contributed by atoms with Crippen molar-refractivity contribution >= 4 is 52.7 Å². The van der Waals surface area contributed by atoms with E-state index in [1.54, 1.807) is 24.3 Å². The molecule has 3 heterocycles. The third-order valence-corrected chi connectivity index (χ3v) is 10.7. The highest BCUT2D eigenvalue weighted by atomic mass is 35.5. The molecule has 0 aliphatic carbocycles. The maximum atomic E-state index is 13.2. The monoisotopic (exact) mass is 744 g/mol. The topological polar surface area (TPSA) is 134 Å². The van der Waals surface area contributed by atoms with E-state index in [4.69, 9.17) is 34.0 Å². The highest BCUT2D eigenvalue weighted by molar-refractivity contribution is 7.99. The van der Waals surface area contributed by atoms with Gasteiger partial charge in [-0.15, -0.1) is 0 Å². The summed E-state index contributed by atoms with van der Waals surface area (Å²) in [5.74, 6) is 6.41. The number of primary amides is 1. The number of amides is 3. The molecule has 4 aromatic rings. The molecule has 2 aliphatic heterocycles. The molecule has 0 spiro atoms. The molecule has 1 fully saturated rings. The summed E-state index contributed by atoms with van der Waals surface area (Å²) in [6.07, 6.45) is 1.49. The zero-order valence-electron chi connectivity index (χ0n) is 27.9. The number of rotatable bonds is 9. The largest absolute Gasteiger partial charge is 0.394 e. The molecule has 10 nitrogen and oxygen atoms in total. The lowest BCUT2D eigenvalue weighted by atomic mass is 9.99. The summed E-state index contributed by atoms with van der Waals surface area (Å²) >= 11 is 15.0. The number of hydrogen-bond acceptors (Lipinski definition) is 7. The Balaban J connectivity index is 1.26. The number of halogens is 2. The second kappa shape index (κ2) is 16.8. The van der Waals surface area contributed by atoms with Crippen LogP contribution in [0.1, 0.15) is 50.8 Å². The van der Waals surface area contributed by atoms with E-state index in [9.17, 15) is 19.5 Å². The summed E-state index contributed by atoms with van der Waals surface area (Å²) < 4.78 is 2.04. The first-order chi connectivity index (χ1) is 24.7. The summed E-state index contributed by atoms with van der Waals surface area (Å²) in [4.78, 5) is 41.5. The van der Waals surface area contributed by atoms with Crippen molar-refractivity contribution in [2.75, 3.05) is 44.3 Å². The van der Waals surface area contributed by atoms with E-state index in [-0.39, 0.29) is 23.7 Å². The fourth-order valence-electron chi connectivity index (χ4n) is 6.35. The number of aromatic nitrogens is 2. The first-order valence-corrected chi connectivity index (χ1v) is 18.7. The number of hydrogen-bond donors (Lipinski definition) is 3. The van der Waals surface area contributed by atoms with Gasteiger partial charge in [-0.25, -0.2) is 0 Å². The highest BCUT2D eigenvalue weighted by Gasteiger charge is 2.30. The Kier molecular flexibility index (Phi) is 12.0. The van der Waals surface area contributed by atoms with Gasteiger partial charge in [-0.05, 0) is 48.9 Å². The van der Waals surface area contributed by atoms with Gasteiger partial charge in [0.25, 0.3) is 5.91 Å². The maximum Gasteiger partial charge on any atom is 0.311 e. The van der Waals surface area contributed by atoms with Crippen molar-refractivity contribution in [3.05, 3.63) is 110 Å². The van der Waals surface area contributed by atoms with Crippen molar-refractivity contribution in [3.8, 4) is 23.1 Å². The van der Waals surface area contributed by atoms with Gasteiger partial charge in [0.05, 0.1) is 40.5 Å². The fraction of sp³-hybridized carbons (Fsp3) is 0.316. The Bertz CT molecular complexity index is 1990. The van der Waals surface area contributed by atoms with Gasteiger partial charge in [-0.1, -0.05) is 71.4 Å². The third kappa shape index (κ3) is 8.78. The lowest BCUT2D eigenvalue weighted by Crippen LogP contribution is -2.43. The van der Waals surface area contributed by atoms with Crippen molar-refractivity contribution in [2.45, 2.75) is 32.0 Å². The molecule has 13 heteroatoms. The predicted octanol–water partition coefficient (Wildman–Crippen LogP) is 4.53. The average molecular weight is 746 g/mol. The van der Waals surface area contributed by atoms with Crippen LogP contribution in [0.25, 0.3) is 11.3 Å². The summed E-state index contributed by atoms with van der Waals surface area (Å²) in [5, 5.41) is 18.5. The number of carbonyl (C=O) groups is 3. The van der Waals surface area contributed by atoms with Gasteiger partial charge in [-0.2, -0.15) is 16.9 Å². The standard InChI is InChI=1S/C38H38Cl2N6O4S/c39-31-12-10-28(22-27(31)9-7-25-8-11-32(40)29(21-25)37(49)42-33(24-47)26-5-2-1-3-6-26)35-30-23-45(38(50)36(41)48)16-13-34(30)46(43-35)15-4-14-44-17-19-51-20-18-44/h1-3,5-6,8,10-12,21-22,33,47H,4,13-20,23-24H2,(H2,41,48)(H,42,49). The van der Waals surface area contributed by atoms with E-state index in [2.05, 4.69) is 22.1 Å². The molecule has 2 aliphatic rings. The van der Waals surface area contributed by atoms with Crippen LogP contribution in [0.2, 0.25) is 10.0 Å². The van der Waals surface area contributed by atoms with Crippen LogP contribution in [-0.4, -0.2) is 86.7 Å².